The van der Waals surface area contributed by atoms with Gasteiger partial charge in [-0.25, -0.2) is 17.2 Å². The van der Waals surface area contributed by atoms with Crippen LogP contribution in [0, 0.1) is 11.6 Å². The molecule has 0 saturated heterocycles. The molecular weight excluding hydrogens is 524 g/mol. The SMILES string of the molecule is CC(C)(C)NC(=O)C(Cc1ccccc1)N(Cc1ccccc1F)C(=O)CN(c1ccc(F)cc1)S(C)(=O)=O. The average molecular weight is 558 g/mol. The molecule has 0 aliphatic carbocycles. The van der Waals surface area contributed by atoms with Crippen LogP contribution in [0.25, 0.3) is 0 Å². The molecule has 0 bridgehead atoms. The van der Waals surface area contributed by atoms with E-state index in [2.05, 4.69) is 5.32 Å². The predicted octanol–water partition coefficient (Wildman–Crippen LogP) is 4.29. The number of carbonyl (C=O) groups excluding carboxylic acids is 2. The molecule has 0 saturated carbocycles. The van der Waals surface area contributed by atoms with E-state index in [1.165, 1.54) is 35.2 Å². The van der Waals surface area contributed by atoms with Crippen molar-refractivity contribution >= 4 is 27.5 Å². The minimum Gasteiger partial charge on any atom is -0.350 e. The lowest BCUT2D eigenvalue weighted by Gasteiger charge is -2.35. The Bertz CT molecular complexity index is 1390. The quantitative estimate of drug-likeness (QED) is 0.403. The Labute approximate surface area is 228 Å². The smallest absolute Gasteiger partial charge is 0.244 e. The second-order valence-corrected chi connectivity index (χ2v) is 12.2. The highest BCUT2D eigenvalue weighted by Crippen LogP contribution is 2.22. The van der Waals surface area contributed by atoms with Gasteiger partial charge in [0.05, 0.1) is 11.9 Å². The van der Waals surface area contributed by atoms with Gasteiger partial charge in [-0.2, -0.15) is 0 Å². The van der Waals surface area contributed by atoms with Crippen LogP contribution in [0.1, 0.15) is 31.9 Å². The molecule has 1 unspecified atom stereocenters. The molecule has 3 aromatic carbocycles. The van der Waals surface area contributed by atoms with Gasteiger partial charge >= 0.3 is 0 Å². The number of nitrogens with one attached hydrogen (secondary N) is 1. The summed E-state index contributed by atoms with van der Waals surface area (Å²) < 4.78 is 54.5. The summed E-state index contributed by atoms with van der Waals surface area (Å²) >= 11 is 0. The van der Waals surface area contributed by atoms with Gasteiger partial charge < -0.3 is 10.2 Å². The molecule has 10 heteroatoms. The fourth-order valence-corrected chi connectivity index (χ4v) is 4.89. The van der Waals surface area contributed by atoms with Gasteiger partial charge in [-0.15, -0.1) is 0 Å². The highest BCUT2D eigenvalue weighted by atomic mass is 32.2. The molecule has 3 aromatic rings. The summed E-state index contributed by atoms with van der Waals surface area (Å²) in [5.74, 6) is -2.33. The molecular formula is C29H33F2N3O4S. The van der Waals surface area contributed by atoms with Crippen LogP contribution in [0.2, 0.25) is 0 Å². The van der Waals surface area contributed by atoms with Crippen LogP contribution in [0.5, 0.6) is 0 Å². The molecule has 2 amide bonds. The van der Waals surface area contributed by atoms with Crippen molar-refractivity contribution in [2.45, 2.75) is 45.3 Å². The van der Waals surface area contributed by atoms with Crippen molar-refractivity contribution in [2.24, 2.45) is 0 Å². The van der Waals surface area contributed by atoms with Crippen LogP contribution in [0.3, 0.4) is 0 Å². The molecule has 0 spiro atoms. The van der Waals surface area contributed by atoms with Crippen LogP contribution in [-0.4, -0.2) is 49.5 Å². The van der Waals surface area contributed by atoms with Gasteiger partial charge in [-0.05, 0) is 56.7 Å². The lowest BCUT2D eigenvalue weighted by atomic mass is 10.0. The Morgan fingerprint density at radius 2 is 1.49 bits per heavy atom. The van der Waals surface area contributed by atoms with E-state index in [1.54, 1.807) is 39.0 Å². The monoisotopic (exact) mass is 557 g/mol. The first-order chi connectivity index (χ1) is 18.2. The van der Waals surface area contributed by atoms with Gasteiger partial charge in [0.25, 0.3) is 0 Å². The first-order valence-electron chi connectivity index (χ1n) is 12.4. The maximum absolute atomic E-state index is 14.8. The Kier molecular flexibility index (Phi) is 9.45. The van der Waals surface area contributed by atoms with E-state index in [-0.39, 0.29) is 24.2 Å². The van der Waals surface area contributed by atoms with Crippen LogP contribution in [0.4, 0.5) is 14.5 Å². The zero-order valence-corrected chi connectivity index (χ0v) is 23.2. The number of amides is 2. The number of anilines is 1. The number of sulfonamides is 1. The first-order valence-corrected chi connectivity index (χ1v) is 14.2. The fourth-order valence-electron chi connectivity index (χ4n) is 4.04. The van der Waals surface area contributed by atoms with Crippen LogP contribution >= 0.6 is 0 Å². The number of carbonyl (C=O) groups is 2. The Morgan fingerprint density at radius 1 is 0.897 bits per heavy atom. The van der Waals surface area contributed by atoms with Crippen molar-refractivity contribution in [3.05, 3.63) is 102 Å². The van der Waals surface area contributed by atoms with Crippen molar-refractivity contribution in [1.29, 1.82) is 0 Å². The van der Waals surface area contributed by atoms with Crippen LogP contribution in [0.15, 0.2) is 78.9 Å². The van der Waals surface area contributed by atoms with E-state index >= 15 is 0 Å². The number of rotatable bonds is 10. The molecule has 39 heavy (non-hydrogen) atoms. The summed E-state index contributed by atoms with van der Waals surface area (Å²) in [6.45, 7) is 4.45. The van der Waals surface area contributed by atoms with E-state index < -0.39 is 51.6 Å². The summed E-state index contributed by atoms with van der Waals surface area (Å²) in [7, 11) is -3.99. The number of hydrogen-bond acceptors (Lipinski definition) is 4. The van der Waals surface area contributed by atoms with Crippen molar-refractivity contribution in [3.63, 3.8) is 0 Å². The third-order valence-electron chi connectivity index (χ3n) is 5.86. The topological polar surface area (TPSA) is 86.8 Å². The molecule has 0 radical (unpaired) electrons. The summed E-state index contributed by atoms with van der Waals surface area (Å²) in [6, 6.07) is 18.5. The van der Waals surface area contributed by atoms with E-state index in [9.17, 15) is 26.8 Å². The van der Waals surface area contributed by atoms with Crippen LogP contribution in [-0.2, 0) is 32.6 Å². The van der Waals surface area contributed by atoms with Crippen molar-refractivity contribution < 1.29 is 26.8 Å². The molecule has 0 heterocycles. The van der Waals surface area contributed by atoms with E-state index in [0.717, 1.165) is 28.3 Å². The highest BCUT2D eigenvalue weighted by Gasteiger charge is 2.34. The van der Waals surface area contributed by atoms with Gasteiger partial charge in [0.1, 0.15) is 24.2 Å². The second kappa shape index (κ2) is 12.4. The van der Waals surface area contributed by atoms with Gasteiger partial charge in [-0.1, -0.05) is 48.5 Å². The van der Waals surface area contributed by atoms with Crippen molar-refractivity contribution in [2.75, 3.05) is 17.1 Å². The Hall–Kier alpha value is -3.79. The third kappa shape index (κ3) is 8.61. The van der Waals surface area contributed by atoms with Crippen molar-refractivity contribution in [3.8, 4) is 0 Å². The lowest BCUT2D eigenvalue weighted by Crippen LogP contribution is -2.56. The van der Waals surface area contributed by atoms with E-state index in [1.807, 2.05) is 18.2 Å². The first kappa shape index (κ1) is 29.8. The molecule has 0 aromatic heterocycles. The summed E-state index contributed by atoms with van der Waals surface area (Å²) in [5.41, 5.74) is 0.374. The summed E-state index contributed by atoms with van der Waals surface area (Å²) in [4.78, 5) is 28.7. The molecule has 1 atom stereocenters. The maximum Gasteiger partial charge on any atom is 0.244 e. The highest BCUT2D eigenvalue weighted by molar-refractivity contribution is 7.92. The molecule has 7 nitrogen and oxygen atoms in total. The van der Waals surface area contributed by atoms with Gasteiger partial charge in [0, 0.05) is 24.1 Å². The third-order valence-corrected chi connectivity index (χ3v) is 7.00. The predicted molar refractivity (Wildman–Crippen MR) is 147 cm³/mol. The molecule has 1 N–H and O–H groups in total. The van der Waals surface area contributed by atoms with Gasteiger partial charge in [0.15, 0.2) is 0 Å². The number of hydrogen-bond donors (Lipinski definition) is 1. The zero-order valence-electron chi connectivity index (χ0n) is 22.4. The Morgan fingerprint density at radius 3 is 2.05 bits per heavy atom. The fraction of sp³-hybridized carbons (Fsp3) is 0.310. The number of benzene rings is 3. The van der Waals surface area contributed by atoms with Gasteiger partial charge in [-0.3, -0.25) is 13.9 Å². The molecule has 3 rings (SSSR count). The standard InChI is InChI=1S/C29H33F2N3O4S/c1-29(2,3)32-28(36)26(18-21-10-6-5-7-11-21)33(19-22-12-8-9-13-25(22)31)27(35)20-34(39(4,37)38)24-16-14-23(30)15-17-24/h5-17,26H,18-20H2,1-4H3,(H,32,36). The van der Waals surface area contributed by atoms with E-state index in [4.69, 9.17) is 0 Å². The average Bonchev–Trinajstić information content (AvgIpc) is 2.85. The molecule has 0 aliphatic heterocycles. The largest absolute Gasteiger partial charge is 0.350 e. The second-order valence-electron chi connectivity index (χ2n) is 10.3. The maximum atomic E-state index is 14.8. The molecule has 0 aliphatic rings. The zero-order chi connectivity index (χ0) is 28.8. The lowest BCUT2D eigenvalue weighted by molar-refractivity contribution is -0.140. The molecule has 0 fully saturated rings. The minimum absolute atomic E-state index is 0.0804. The van der Waals surface area contributed by atoms with E-state index in [0.29, 0.717) is 0 Å². The number of halogens is 2. The normalized spacial score (nSPS) is 12.5. The number of nitrogens with zero attached hydrogens (tertiary/aromatic N) is 2. The molecule has 208 valence electrons. The summed E-state index contributed by atoms with van der Waals surface area (Å²) in [5, 5.41) is 2.90. The summed E-state index contributed by atoms with van der Waals surface area (Å²) in [6.07, 6.45) is 1.04. The Balaban J connectivity index is 2.08. The minimum atomic E-state index is -3.99. The van der Waals surface area contributed by atoms with Gasteiger partial charge in [0.2, 0.25) is 21.8 Å². The van der Waals surface area contributed by atoms with Crippen molar-refractivity contribution in [1.82, 2.24) is 10.2 Å². The van der Waals surface area contributed by atoms with Crippen LogP contribution < -0.4 is 9.62 Å².